The number of rotatable bonds is 4. The van der Waals surface area contributed by atoms with E-state index in [4.69, 9.17) is 16.3 Å². The number of nitrogens with zero attached hydrogens (tertiary/aromatic N) is 5. The van der Waals surface area contributed by atoms with Crippen molar-refractivity contribution >= 4 is 17.4 Å². The van der Waals surface area contributed by atoms with Gasteiger partial charge in [0.05, 0.1) is 11.8 Å². The molecule has 0 aliphatic carbocycles. The summed E-state index contributed by atoms with van der Waals surface area (Å²) in [5, 5.41) is 14.2. The van der Waals surface area contributed by atoms with E-state index in [0.29, 0.717) is 10.9 Å². The molecule has 0 amide bonds. The summed E-state index contributed by atoms with van der Waals surface area (Å²) in [6.45, 7) is 0. The average Bonchev–Trinajstić information content (AvgIpc) is 2.65. The van der Waals surface area contributed by atoms with Crippen LogP contribution >= 0.6 is 11.6 Å². The Balaban J connectivity index is 1.96. The van der Waals surface area contributed by atoms with Gasteiger partial charge in [-0.2, -0.15) is 23.0 Å². The first-order chi connectivity index (χ1) is 13.2. The van der Waals surface area contributed by atoms with Gasteiger partial charge >= 0.3 is 12.0 Å². The molecule has 3 heterocycles. The second-order valence-corrected chi connectivity index (χ2v) is 5.50. The molecule has 0 N–H and O–H groups in total. The number of alkyl halides is 3. The molecule has 0 saturated heterocycles. The minimum Gasteiger partial charge on any atom is -0.445 e. The fourth-order valence-electron chi connectivity index (χ4n) is 2.05. The van der Waals surface area contributed by atoms with Gasteiger partial charge in [0.15, 0.2) is 16.6 Å². The molecule has 0 radical (unpaired) electrons. The highest BCUT2D eigenvalue weighted by molar-refractivity contribution is 6.31. The molecule has 13 heteroatoms. The Kier molecular flexibility index (Phi) is 4.96. The van der Waals surface area contributed by atoms with Gasteiger partial charge in [-0.15, -0.1) is 0 Å². The molecule has 0 fully saturated rings. The maximum atomic E-state index is 12.6. The van der Waals surface area contributed by atoms with Crippen molar-refractivity contribution in [3.63, 3.8) is 0 Å². The number of nitro groups is 1. The summed E-state index contributed by atoms with van der Waals surface area (Å²) in [6.07, 6.45) is -1.89. The maximum Gasteiger partial charge on any atom is 0.417 e. The van der Waals surface area contributed by atoms with Crippen LogP contribution in [0.4, 0.5) is 19.0 Å². The van der Waals surface area contributed by atoms with Crippen molar-refractivity contribution in [2.45, 2.75) is 6.18 Å². The van der Waals surface area contributed by atoms with Crippen LogP contribution in [-0.2, 0) is 6.18 Å². The van der Waals surface area contributed by atoms with Gasteiger partial charge in [-0.3, -0.25) is 4.79 Å². The summed E-state index contributed by atoms with van der Waals surface area (Å²) < 4.78 is 43.7. The number of ether oxygens (including phenoxy) is 1. The van der Waals surface area contributed by atoms with E-state index in [1.807, 2.05) is 0 Å². The van der Waals surface area contributed by atoms with Crippen molar-refractivity contribution in [3.8, 4) is 17.3 Å². The Labute approximate surface area is 158 Å². The first-order valence-electron chi connectivity index (χ1n) is 7.27. The van der Waals surface area contributed by atoms with E-state index < -0.39 is 33.1 Å². The highest BCUT2D eigenvalue weighted by Gasteiger charge is 2.31. The number of hydrogen-bond acceptors (Lipinski definition) is 7. The van der Waals surface area contributed by atoms with E-state index in [0.717, 1.165) is 18.3 Å². The SMILES string of the molecule is O=c1c(Cl)c(Oc2cccnc2[N+](=O)[O-])cnn1-c1ccc(C(F)(F)F)cn1. The molecule has 0 spiro atoms. The van der Waals surface area contributed by atoms with Crippen molar-refractivity contribution in [2.75, 3.05) is 0 Å². The maximum absolute atomic E-state index is 12.6. The molecule has 3 rings (SSSR count). The molecule has 0 saturated carbocycles. The Bertz CT molecular complexity index is 1100. The van der Waals surface area contributed by atoms with Crippen LogP contribution in [0.1, 0.15) is 5.56 Å². The molecule has 0 aromatic carbocycles. The molecule has 9 nitrogen and oxygen atoms in total. The molecule has 3 aromatic rings. The summed E-state index contributed by atoms with van der Waals surface area (Å²) in [4.78, 5) is 29.6. The van der Waals surface area contributed by atoms with Gasteiger partial charge < -0.3 is 14.9 Å². The van der Waals surface area contributed by atoms with Crippen LogP contribution in [0.5, 0.6) is 11.5 Å². The van der Waals surface area contributed by atoms with Crippen molar-refractivity contribution in [1.29, 1.82) is 0 Å². The van der Waals surface area contributed by atoms with Crippen molar-refractivity contribution in [2.24, 2.45) is 0 Å². The van der Waals surface area contributed by atoms with Crippen molar-refractivity contribution < 1.29 is 22.8 Å². The van der Waals surface area contributed by atoms with E-state index in [-0.39, 0.29) is 17.3 Å². The lowest BCUT2D eigenvalue weighted by Gasteiger charge is -2.10. The second-order valence-electron chi connectivity index (χ2n) is 5.13. The zero-order chi connectivity index (χ0) is 20.5. The lowest BCUT2D eigenvalue weighted by atomic mass is 10.3. The summed E-state index contributed by atoms with van der Waals surface area (Å²) >= 11 is 5.94. The predicted molar refractivity (Wildman–Crippen MR) is 88.6 cm³/mol. The number of aromatic nitrogens is 4. The molecular weight excluding hydrogens is 407 g/mol. The standard InChI is InChI=1S/C15H7ClF3N5O4/c16-12-10(28-9-2-1-5-20-13(9)24(26)27)7-22-23(14(12)25)11-4-3-8(6-21-11)15(17,18)19/h1-7H. The third kappa shape index (κ3) is 3.76. The minimum atomic E-state index is -4.59. The summed E-state index contributed by atoms with van der Waals surface area (Å²) in [5.74, 6) is -1.39. The Hall–Kier alpha value is -3.54. The van der Waals surface area contributed by atoms with Gasteiger partial charge in [-0.05, 0) is 34.2 Å². The molecule has 3 aromatic heterocycles. The van der Waals surface area contributed by atoms with Crippen LogP contribution in [0.3, 0.4) is 0 Å². The van der Waals surface area contributed by atoms with Gasteiger partial charge in [0, 0.05) is 6.20 Å². The number of pyridine rings is 2. The van der Waals surface area contributed by atoms with E-state index in [1.54, 1.807) is 0 Å². The Morgan fingerprint density at radius 3 is 2.50 bits per heavy atom. The Morgan fingerprint density at radius 1 is 1.14 bits per heavy atom. The van der Waals surface area contributed by atoms with Crippen LogP contribution in [0.15, 0.2) is 47.7 Å². The first kappa shape index (κ1) is 19.2. The largest absolute Gasteiger partial charge is 0.445 e. The molecule has 0 bridgehead atoms. The predicted octanol–water partition coefficient (Wildman–Crippen LogP) is 3.40. The van der Waals surface area contributed by atoms with Crippen molar-refractivity contribution in [1.82, 2.24) is 19.7 Å². The molecular formula is C15H7ClF3N5O4. The van der Waals surface area contributed by atoms with Crippen LogP contribution in [0.25, 0.3) is 5.82 Å². The molecule has 0 aliphatic heterocycles. The van der Waals surface area contributed by atoms with Gasteiger partial charge in [0.2, 0.25) is 5.75 Å². The normalized spacial score (nSPS) is 11.3. The number of halogens is 4. The van der Waals surface area contributed by atoms with E-state index in [2.05, 4.69) is 15.1 Å². The van der Waals surface area contributed by atoms with Crippen LogP contribution in [0.2, 0.25) is 5.02 Å². The van der Waals surface area contributed by atoms with E-state index >= 15 is 0 Å². The molecule has 0 atom stereocenters. The fraction of sp³-hybridized carbons (Fsp3) is 0.0667. The second kappa shape index (κ2) is 7.23. The van der Waals surface area contributed by atoms with Gasteiger partial charge in [-0.25, -0.2) is 4.98 Å². The third-order valence-corrected chi connectivity index (χ3v) is 3.67. The molecule has 28 heavy (non-hydrogen) atoms. The van der Waals surface area contributed by atoms with Gasteiger partial charge in [-0.1, -0.05) is 11.6 Å². The summed E-state index contributed by atoms with van der Waals surface area (Å²) in [7, 11) is 0. The van der Waals surface area contributed by atoms with E-state index in [1.165, 1.54) is 18.3 Å². The lowest BCUT2D eigenvalue weighted by molar-refractivity contribution is -0.390. The van der Waals surface area contributed by atoms with Crippen LogP contribution in [0, 0.1) is 10.1 Å². The Morgan fingerprint density at radius 2 is 1.89 bits per heavy atom. The third-order valence-electron chi connectivity index (χ3n) is 3.32. The molecule has 144 valence electrons. The zero-order valence-electron chi connectivity index (χ0n) is 13.4. The summed E-state index contributed by atoms with van der Waals surface area (Å²) in [5.41, 5.74) is -1.95. The van der Waals surface area contributed by atoms with Crippen molar-refractivity contribution in [3.05, 3.63) is 73.9 Å². The van der Waals surface area contributed by atoms with Gasteiger partial charge in [0.25, 0.3) is 5.56 Å². The zero-order valence-corrected chi connectivity index (χ0v) is 14.2. The quantitative estimate of drug-likeness (QED) is 0.475. The highest BCUT2D eigenvalue weighted by atomic mass is 35.5. The lowest BCUT2D eigenvalue weighted by Crippen LogP contribution is -2.23. The average molecular weight is 414 g/mol. The molecule has 0 unspecified atom stereocenters. The van der Waals surface area contributed by atoms with E-state index in [9.17, 15) is 28.1 Å². The van der Waals surface area contributed by atoms with Crippen LogP contribution in [-0.4, -0.2) is 24.7 Å². The minimum absolute atomic E-state index is 0.209. The van der Waals surface area contributed by atoms with Crippen LogP contribution < -0.4 is 10.3 Å². The van der Waals surface area contributed by atoms with Gasteiger partial charge in [0.1, 0.15) is 6.20 Å². The fourth-order valence-corrected chi connectivity index (χ4v) is 2.22. The number of hydrogen-bond donors (Lipinski definition) is 0. The monoisotopic (exact) mass is 413 g/mol. The molecule has 0 aliphatic rings. The smallest absolute Gasteiger partial charge is 0.417 e. The first-order valence-corrected chi connectivity index (χ1v) is 7.65. The summed E-state index contributed by atoms with van der Waals surface area (Å²) in [6, 6.07) is 4.29. The highest BCUT2D eigenvalue weighted by Crippen LogP contribution is 2.32. The topological polar surface area (TPSA) is 113 Å².